The Kier molecular flexibility index (Phi) is 5.99. The Balaban J connectivity index is 1.37. The van der Waals surface area contributed by atoms with Crippen molar-refractivity contribution >= 4 is 17.8 Å². The van der Waals surface area contributed by atoms with E-state index in [-0.39, 0.29) is 18.1 Å². The maximum Gasteiger partial charge on any atom is 0.413 e. The zero-order chi connectivity index (χ0) is 23.4. The summed E-state index contributed by atoms with van der Waals surface area (Å²) < 4.78 is 12.3. The van der Waals surface area contributed by atoms with Gasteiger partial charge in [0.15, 0.2) is 6.04 Å². The average Bonchev–Trinajstić information content (AvgIpc) is 3.11. The fraction of sp³-hybridized carbons (Fsp3) is 0.885. The largest absolute Gasteiger partial charge is 0.479 e. The first-order valence-electron chi connectivity index (χ1n) is 13.1. The Morgan fingerprint density at radius 1 is 1.03 bits per heavy atom. The summed E-state index contributed by atoms with van der Waals surface area (Å²) in [5.41, 5.74) is -0.338. The van der Waals surface area contributed by atoms with Gasteiger partial charge < -0.3 is 14.6 Å². The number of carboxylic acid groups (broad SMARTS) is 1. The van der Waals surface area contributed by atoms with Crippen molar-refractivity contribution in [3.63, 3.8) is 0 Å². The maximum atomic E-state index is 13.2. The van der Waals surface area contributed by atoms with Crippen LogP contribution in [0.15, 0.2) is 4.99 Å². The highest BCUT2D eigenvalue weighted by Gasteiger charge is 2.53. The van der Waals surface area contributed by atoms with E-state index < -0.39 is 29.9 Å². The van der Waals surface area contributed by atoms with Crippen LogP contribution in [0.4, 0.5) is 4.79 Å². The van der Waals surface area contributed by atoms with Crippen molar-refractivity contribution < 1.29 is 24.2 Å². The molecule has 0 aromatic carbocycles. The average molecular weight is 461 g/mol. The molecule has 0 radical (unpaired) electrons. The minimum atomic E-state index is -1.11. The van der Waals surface area contributed by atoms with Gasteiger partial charge in [0.1, 0.15) is 11.8 Å². The first kappa shape index (κ1) is 23.1. The molecular weight excluding hydrogens is 420 g/mol. The van der Waals surface area contributed by atoms with Gasteiger partial charge >= 0.3 is 12.1 Å². The molecule has 0 saturated heterocycles. The smallest absolute Gasteiger partial charge is 0.413 e. The summed E-state index contributed by atoms with van der Waals surface area (Å²) in [6.07, 6.45) is 11.5. The molecule has 0 spiro atoms. The van der Waals surface area contributed by atoms with Crippen molar-refractivity contribution in [1.29, 1.82) is 0 Å². The van der Waals surface area contributed by atoms with E-state index in [0.717, 1.165) is 62.7 Å². The van der Waals surface area contributed by atoms with Gasteiger partial charge in [-0.2, -0.15) is 0 Å². The van der Waals surface area contributed by atoms with Crippen LogP contribution < -0.4 is 0 Å². The van der Waals surface area contributed by atoms with Gasteiger partial charge in [-0.1, -0.05) is 19.3 Å². The number of nitrogens with zero attached hydrogens (tertiary/aromatic N) is 2. The SMILES string of the molecule is CC(C)(C)OC(=O)N1C(C(=O)O)C(COC23CC4CC(CC(C4)C2)C3)=NC1C1CCCCC1. The molecule has 6 rings (SSSR count). The lowest BCUT2D eigenvalue weighted by Crippen LogP contribution is -2.54. The number of carbonyl (C=O) groups is 2. The highest BCUT2D eigenvalue weighted by molar-refractivity contribution is 6.09. The third kappa shape index (κ3) is 4.67. The topological polar surface area (TPSA) is 88.4 Å². The monoisotopic (exact) mass is 460 g/mol. The molecule has 33 heavy (non-hydrogen) atoms. The first-order valence-corrected chi connectivity index (χ1v) is 13.1. The van der Waals surface area contributed by atoms with Gasteiger partial charge in [-0.25, -0.2) is 9.59 Å². The van der Waals surface area contributed by atoms with E-state index in [1.165, 1.54) is 30.6 Å². The number of carboxylic acids is 1. The van der Waals surface area contributed by atoms with Crippen LogP contribution in [0.2, 0.25) is 0 Å². The van der Waals surface area contributed by atoms with Gasteiger partial charge in [0.05, 0.1) is 17.9 Å². The second-order valence-corrected chi connectivity index (χ2v) is 12.4. The van der Waals surface area contributed by atoms with Crippen LogP contribution in [-0.4, -0.2) is 57.8 Å². The Morgan fingerprint density at radius 3 is 2.12 bits per heavy atom. The van der Waals surface area contributed by atoms with Gasteiger partial charge in [0.2, 0.25) is 0 Å². The molecule has 1 amide bonds. The van der Waals surface area contributed by atoms with Crippen molar-refractivity contribution in [3.8, 4) is 0 Å². The lowest BCUT2D eigenvalue weighted by atomic mass is 9.54. The molecule has 0 aromatic rings. The van der Waals surface area contributed by atoms with E-state index in [9.17, 15) is 14.7 Å². The standard InChI is InChI=1S/C26H40N2O5/c1-25(2,3)33-24(31)28-21(23(29)30)20(27-22(28)19-7-5-4-6-8-19)15-32-26-12-16-9-17(13-26)11-18(10-16)14-26/h16-19,21-22H,4-15H2,1-3H3,(H,29,30). The fourth-order valence-electron chi connectivity index (χ4n) is 7.72. The van der Waals surface area contributed by atoms with E-state index in [1.807, 2.05) is 20.8 Å². The van der Waals surface area contributed by atoms with E-state index >= 15 is 0 Å². The molecule has 7 nitrogen and oxygen atoms in total. The summed E-state index contributed by atoms with van der Waals surface area (Å²) in [4.78, 5) is 32.0. The molecule has 0 aromatic heterocycles. The molecule has 5 aliphatic carbocycles. The number of aliphatic imine (C=N–C) groups is 1. The quantitative estimate of drug-likeness (QED) is 0.622. The van der Waals surface area contributed by atoms with Crippen LogP contribution in [0.3, 0.4) is 0 Å². The van der Waals surface area contributed by atoms with Crippen LogP contribution in [0.5, 0.6) is 0 Å². The second-order valence-electron chi connectivity index (χ2n) is 12.4. The van der Waals surface area contributed by atoms with Crippen molar-refractivity contribution in [1.82, 2.24) is 4.90 Å². The first-order chi connectivity index (χ1) is 15.6. The summed E-state index contributed by atoms with van der Waals surface area (Å²) in [6, 6.07) is -1.11. The zero-order valence-corrected chi connectivity index (χ0v) is 20.4. The molecule has 4 bridgehead atoms. The lowest BCUT2D eigenvalue weighted by Gasteiger charge is -2.56. The molecule has 5 fully saturated rings. The molecule has 5 saturated carbocycles. The fourth-order valence-corrected chi connectivity index (χ4v) is 7.72. The normalized spacial score (nSPS) is 38.5. The molecule has 2 unspecified atom stereocenters. The van der Waals surface area contributed by atoms with E-state index in [0.29, 0.717) is 5.71 Å². The molecule has 7 heteroatoms. The Labute approximate surface area is 197 Å². The molecular formula is C26H40N2O5. The van der Waals surface area contributed by atoms with Gasteiger partial charge in [0, 0.05) is 0 Å². The molecule has 1 N–H and O–H groups in total. The third-order valence-corrected chi connectivity index (χ3v) is 8.59. The molecule has 2 atom stereocenters. The Hall–Kier alpha value is -1.63. The van der Waals surface area contributed by atoms with Crippen molar-refractivity contribution in [2.24, 2.45) is 28.7 Å². The summed E-state index contributed by atoms with van der Waals surface area (Å²) in [5.74, 6) is 1.39. The summed E-state index contributed by atoms with van der Waals surface area (Å²) in [5, 5.41) is 10.2. The highest BCUT2D eigenvalue weighted by Crippen LogP contribution is 2.57. The number of amides is 1. The van der Waals surface area contributed by atoms with Crippen LogP contribution in [0, 0.1) is 23.7 Å². The Morgan fingerprint density at radius 2 is 1.61 bits per heavy atom. The highest BCUT2D eigenvalue weighted by atomic mass is 16.6. The molecule has 6 aliphatic rings. The second kappa shape index (κ2) is 8.54. The summed E-state index contributed by atoms with van der Waals surface area (Å²) >= 11 is 0. The predicted octanol–water partition coefficient (Wildman–Crippen LogP) is 5.02. The maximum absolute atomic E-state index is 13.2. The van der Waals surface area contributed by atoms with Crippen molar-refractivity contribution in [3.05, 3.63) is 0 Å². The predicted molar refractivity (Wildman–Crippen MR) is 124 cm³/mol. The number of hydrogen-bond acceptors (Lipinski definition) is 5. The third-order valence-electron chi connectivity index (χ3n) is 8.59. The minimum Gasteiger partial charge on any atom is -0.479 e. The number of ether oxygens (including phenoxy) is 2. The van der Waals surface area contributed by atoms with Gasteiger partial charge in [0.25, 0.3) is 0 Å². The van der Waals surface area contributed by atoms with Crippen LogP contribution in [-0.2, 0) is 14.3 Å². The lowest BCUT2D eigenvalue weighted by molar-refractivity contribution is -0.154. The number of aliphatic carboxylic acids is 1. The molecule has 184 valence electrons. The van der Waals surface area contributed by atoms with Crippen LogP contribution in [0.1, 0.15) is 91.4 Å². The van der Waals surface area contributed by atoms with Crippen LogP contribution >= 0.6 is 0 Å². The van der Waals surface area contributed by atoms with E-state index in [2.05, 4.69) is 0 Å². The van der Waals surface area contributed by atoms with Gasteiger partial charge in [-0.05, 0) is 95.8 Å². The Bertz CT molecular complexity index is 775. The van der Waals surface area contributed by atoms with E-state index in [1.54, 1.807) is 0 Å². The zero-order valence-electron chi connectivity index (χ0n) is 20.4. The number of hydrogen-bond donors (Lipinski definition) is 1. The molecule has 1 heterocycles. The van der Waals surface area contributed by atoms with Gasteiger partial charge in [-0.15, -0.1) is 0 Å². The number of rotatable bonds is 5. The summed E-state index contributed by atoms with van der Waals surface area (Å²) in [7, 11) is 0. The van der Waals surface area contributed by atoms with Crippen LogP contribution in [0.25, 0.3) is 0 Å². The van der Waals surface area contributed by atoms with Crippen molar-refractivity contribution in [2.75, 3.05) is 6.61 Å². The minimum absolute atomic E-state index is 0.125. The number of carbonyl (C=O) groups excluding carboxylic acids is 1. The van der Waals surface area contributed by atoms with Crippen molar-refractivity contribution in [2.45, 2.75) is 115 Å². The van der Waals surface area contributed by atoms with Gasteiger partial charge in [-0.3, -0.25) is 9.89 Å². The van der Waals surface area contributed by atoms with E-state index in [4.69, 9.17) is 14.5 Å². The summed E-state index contributed by atoms with van der Waals surface area (Å²) in [6.45, 7) is 5.63. The molecule has 1 aliphatic heterocycles.